The molecule has 2 saturated heterocycles. The summed E-state index contributed by atoms with van der Waals surface area (Å²) in [6.45, 7) is 3.25. The van der Waals surface area contributed by atoms with E-state index < -0.39 is 0 Å². The summed E-state index contributed by atoms with van der Waals surface area (Å²) >= 11 is 0. The number of amides is 1. The van der Waals surface area contributed by atoms with Gasteiger partial charge >= 0.3 is 0 Å². The van der Waals surface area contributed by atoms with Crippen LogP contribution in [0.2, 0.25) is 0 Å². The number of aryl methyl sites for hydroxylation is 1. The molecule has 0 saturated carbocycles. The van der Waals surface area contributed by atoms with E-state index in [4.69, 9.17) is 0 Å². The van der Waals surface area contributed by atoms with Gasteiger partial charge < -0.3 is 15.2 Å². The molecule has 0 unspecified atom stereocenters. The van der Waals surface area contributed by atoms with Gasteiger partial charge in [0.15, 0.2) is 0 Å². The third kappa shape index (κ3) is 4.43. The van der Waals surface area contributed by atoms with Gasteiger partial charge in [0.05, 0.1) is 10.9 Å². The van der Waals surface area contributed by atoms with Gasteiger partial charge in [0.2, 0.25) is 5.91 Å². The minimum Gasteiger partial charge on any atom is -0.356 e. The highest BCUT2D eigenvalue weighted by Gasteiger charge is 2.32. The zero-order valence-corrected chi connectivity index (χ0v) is 16.5. The molecular weight excluding hydrogens is 352 g/mol. The summed E-state index contributed by atoms with van der Waals surface area (Å²) in [4.78, 5) is 34.4. The van der Waals surface area contributed by atoms with Gasteiger partial charge in [-0.15, -0.1) is 0 Å². The Bertz CT molecular complexity index is 876. The number of aromatic nitrogens is 2. The molecule has 2 atom stereocenters. The lowest BCUT2D eigenvalue weighted by Gasteiger charge is -2.44. The molecule has 1 aromatic carbocycles. The number of H-pyrrole nitrogens is 1. The van der Waals surface area contributed by atoms with Gasteiger partial charge in [-0.1, -0.05) is 18.6 Å². The summed E-state index contributed by atoms with van der Waals surface area (Å²) in [6, 6.07) is 8.00. The number of para-hydroxylation sites is 1. The Morgan fingerprint density at radius 1 is 1.18 bits per heavy atom. The Hall–Kier alpha value is -2.21. The lowest BCUT2D eigenvalue weighted by Crippen LogP contribution is -2.50. The van der Waals surface area contributed by atoms with Crippen molar-refractivity contribution in [1.29, 1.82) is 0 Å². The predicted octanol–water partition coefficient (Wildman–Crippen LogP) is 2.63. The van der Waals surface area contributed by atoms with E-state index in [2.05, 4.69) is 20.2 Å². The second kappa shape index (κ2) is 8.86. The van der Waals surface area contributed by atoms with E-state index in [0.717, 1.165) is 6.54 Å². The lowest BCUT2D eigenvalue weighted by molar-refractivity contribution is -0.121. The topological polar surface area (TPSA) is 78.1 Å². The van der Waals surface area contributed by atoms with E-state index in [0.29, 0.717) is 47.9 Å². The number of carbonyl (C=O) groups excluding carboxylic acids is 1. The van der Waals surface area contributed by atoms with E-state index in [-0.39, 0.29) is 11.5 Å². The number of benzene rings is 1. The number of hydrogen-bond acceptors (Lipinski definition) is 4. The molecule has 28 heavy (non-hydrogen) atoms. The first-order valence-corrected chi connectivity index (χ1v) is 10.7. The Kier molecular flexibility index (Phi) is 6.05. The maximum absolute atomic E-state index is 12.3. The lowest BCUT2D eigenvalue weighted by atomic mass is 9.83. The van der Waals surface area contributed by atoms with Crippen molar-refractivity contribution in [3.8, 4) is 0 Å². The summed E-state index contributed by atoms with van der Waals surface area (Å²) in [5.74, 6) is 1.36. The zero-order valence-electron chi connectivity index (χ0n) is 16.5. The molecule has 4 rings (SSSR count). The van der Waals surface area contributed by atoms with Crippen LogP contribution in [0.4, 0.5) is 0 Å². The second-order valence-electron chi connectivity index (χ2n) is 8.19. The fraction of sp³-hybridized carbons (Fsp3) is 0.591. The Morgan fingerprint density at radius 3 is 2.96 bits per heavy atom. The van der Waals surface area contributed by atoms with Crippen molar-refractivity contribution >= 4 is 16.8 Å². The summed E-state index contributed by atoms with van der Waals surface area (Å²) in [5.41, 5.74) is 0.597. The number of aromatic amines is 1. The maximum Gasteiger partial charge on any atom is 0.258 e. The van der Waals surface area contributed by atoms with Gasteiger partial charge in [-0.3, -0.25) is 9.59 Å². The maximum atomic E-state index is 12.3. The van der Waals surface area contributed by atoms with Crippen molar-refractivity contribution in [3.05, 3.63) is 40.4 Å². The number of hydrogen-bond donors (Lipinski definition) is 2. The van der Waals surface area contributed by atoms with Crippen molar-refractivity contribution in [3.63, 3.8) is 0 Å². The van der Waals surface area contributed by atoms with Crippen LogP contribution in [0.25, 0.3) is 10.9 Å². The monoisotopic (exact) mass is 382 g/mol. The highest BCUT2D eigenvalue weighted by Crippen LogP contribution is 2.30. The van der Waals surface area contributed by atoms with Crippen LogP contribution in [0.5, 0.6) is 0 Å². The van der Waals surface area contributed by atoms with Gasteiger partial charge in [0.1, 0.15) is 5.82 Å². The van der Waals surface area contributed by atoms with Gasteiger partial charge in [0.25, 0.3) is 5.56 Å². The van der Waals surface area contributed by atoms with Crippen molar-refractivity contribution < 1.29 is 4.79 Å². The fourth-order valence-corrected chi connectivity index (χ4v) is 4.82. The normalized spacial score (nSPS) is 22.7. The van der Waals surface area contributed by atoms with Crippen molar-refractivity contribution in [2.75, 3.05) is 19.6 Å². The van der Waals surface area contributed by atoms with Crippen LogP contribution in [0.3, 0.4) is 0 Å². The van der Waals surface area contributed by atoms with Gasteiger partial charge in [-0.2, -0.15) is 0 Å². The Morgan fingerprint density at radius 2 is 2.04 bits per heavy atom. The molecule has 0 radical (unpaired) electrons. The number of rotatable bonds is 6. The molecule has 1 amide bonds. The van der Waals surface area contributed by atoms with Crippen molar-refractivity contribution in [2.45, 2.75) is 57.4 Å². The summed E-state index contributed by atoms with van der Waals surface area (Å²) in [7, 11) is 0. The Labute approximate surface area is 165 Å². The molecule has 0 aliphatic carbocycles. The van der Waals surface area contributed by atoms with Crippen LogP contribution < -0.4 is 10.9 Å². The molecule has 2 fully saturated rings. The molecule has 2 aliphatic heterocycles. The van der Waals surface area contributed by atoms with E-state index >= 15 is 0 Å². The number of nitrogens with one attached hydrogen (secondary N) is 2. The molecule has 6 heteroatoms. The van der Waals surface area contributed by atoms with Crippen molar-refractivity contribution in [1.82, 2.24) is 20.2 Å². The fourth-order valence-electron chi connectivity index (χ4n) is 4.82. The number of fused-ring (bicyclic) bond motifs is 2. The van der Waals surface area contributed by atoms with E-state index in [1.165, 1.54) is 45.2 Å². The molecular formula is C22H30N4O2. The molecule has 0 bridgehead atoms. The summed E-state index contributed by atoms with van der Waals surface area (Å²) < 4.78 is 0. The van der Waals surface area contributed by atoms with Crippen LogP contribution in [0.1, 0.15) is 50.8 Å². The van der Waals surface area contributed by atoms with E-state index in [1.54, 1.807) is 6.07 Å². The summed E-state index contributed by atoms with van der Waals surface area (Å²) in [5, 5.41) is 3.76. The predicted molar refractivity (Wildman–Crippen MR) is 110 cm³/mol. The standard InChI is InChI=1S/C22H30N4O2/c27-21(23-15-16-7-6-14-26-13-4-3-10-19(16)26)12-5-11-20-24-18-9-2-1-8-17(18)22(28)25-20/h1-2,8-9,16,19H,3-7,10-15H2,(H,23,27)(H,24,25,28)/t16-,19-/m1/s1. The van der Waals surface area contributed by atoms with Crippen LogP contribution in [0.15, 0.2) is 29.1 Å². The molecule has 3 heterocycles. The smallest absolute Gasteiger partial charge is 0.258 e. The molecule has 2 aliphatic rings. The number of nitrogens with zero attached hydrogens (tertiary/aromatic N) is 2. The quantitative estimate of drug-likeness (QED) is 0.805. The minimum atomic E-state index is -0.112. The molecule has 6 nitrogen and oxygen atoms in total. The summed E-state index contributed by atoms with van der Waals surface area (Å²) in [6.07, 6.45) is 8.16. The van der Waals surface area contributed by atoms with Crippen LogP contribution in [-0.4, -0.2) is 46.5 Å². The largest absolute Gasteiger partial charge is 0.356 e. The number of carbonyl (C=O) groups is 1. The second-order valence-corrected chi connectivity index (χ2v) is 8.19. The van der Waals surface area contributed by atoms with Crippen LogP contribution in [-0.2, 0) is 11.2 Å². The number of piperidine rings is 2. The Balaban J connectivity index is 1.24. The molecule has 2 N–H and O–H groups in total. The van der Waals surface area contributed by atoms with Crippen molar-refractivity contribution in [2.24, 2.45) is 5.92 Å². The third-order valence-electron chi connectivity index (χ3n) is 6.27. The molecule has 0 spiro atoms. The first kappa shape index (κ1) is 19.1. The van der Waals surface area contributed by atoms with Gasteiger partial charge in [-0.25, -0.2) is 4.98 Å². The SMILES string of the molecule is O=C(CCCc1nc2ccccc2c(=O)[nH]1)NC[C@H]1CCCN2CCCC[C@H]12. The van der Waals surface area contributed by atoms with E-state index in [9.17, 15) is 9.59 Å². The average molecular weight is 383 g/mol. The minimum absolute atomic E-state index is 0.107. The molecule has 2 aromatic rings. The zero-order chi connectivity index (χ0) is 19.3. The van der Waals surface area contributed by atoms with Crippen LogP contribution in [0, 0.1) is 5.92 Å². The molecule has 1 aromatic heterocycles. The highest BCUT2D eigenvalue weighted by atomic mass is 16.1. The van der Waals surface area contributed by atoms with Gasteiger partial charge in [-0.05, 0) is 63.2 Å². The molecule has 150 valence electrons. The van der Waals surface area contributed by atoms with Crippen LogP contribution >= 0.6 is 0 Å². The first-order chi connectivity index (χ1) is 13.7. The van der Waals surface area contributed by atoms with E-state index in [1.807, 2.05) is 18.2 Å². The third-order valence-corrected chi connectivity index (χ3v) is 6.27. The highest BCUT2D eigenvalue weighted by molar-refractivity contribution is 5.77. The average Bonchev–Trinajstić information content (AvgIpc) is 2.72. The first-order valence-electron chi connectivity index (χ1n) is 10.7. The van der Waals surface area contributed by atoms with Gasteiger partial charge in [0, 0.05) is 25.4 Å².